The molecule has 1 N–H and O–H groups in total. The highest BCUT2D eigenvalue weighted by Crippen LogP contribution is 2.31. The van der Waals surface area contributed by atoms with Crippen molar-refractivity contribution >= 4 is 11.6 Å². The lowest BCUT2D eigenvalue weighted by atomic mass is 10.2. The van der Waals surface area contributed by atoms with Crippen LogP contribution < -0.4 is 10.3 Å². The number of methoxy groups -OCH3 is 1. The van der Waals surface area contributed by atoms with Crippen molar-refractivity contribution in [2.75, 3.05) is 7.11 Å². The predicted octanol–water partition coefficient (Wildman–Crippen LogP) is 1.97. The molecule has 0 saturated carbocycles. The van der Waals surface area contributed by atoms with Crippen LogP contribution >= 0.6 is 11.6 Å². The molecule has 13 heavy (non-hydrogen) atoms. The van der Waals surface area contributed by atoms with Crippen molar-refractivity contribution in [2.24, 2.45) is 0 Å². The molecule has 0 saturated heterocycles. The second-order valence-corrected chi connectivity index (χ2v) is 2.62. The smallest absolute Gasteiger partial charge is 0.272 e. The Kier molecular flexibility index (Phi) is 2.87. The van der Waals surface area contributed by atoms with Crippen molar-refractivity contribution in [3.8, 4) is 5.75 Å². The van der Waals surface area contributed by atoms with Gasteiger partial charge in [-0.3, -0.25) is 4.79 Å². The first kappa shape index (κ1) is 9.98. The van der Waals surface area contributed by atoms with Crippen molar-refractivity contribution < 1.29 is 13.5 Å². The topological polar surface area (TPSA) is 42.1 Å². The van der Waals surface area contributed by atoms with E-state index in [1.807, 2.05) is 0 Å². The summed E-state index contributed by atoms with van der Waals surface area (Å²) in [5.74, 6) is -0.277. The first-order chi connectivity index (χ1) is 6.07. The van der Waals surface area contributed by atoms with Crippen LogP contribution in [0.25, 0.3) is 0 Å². The molecule has 0 spiro atoms. The minimum absolute atomic E-state index is 0.0441. The molecule has 6 heteroatoms. The SMILES string of the molecule is COc1c(Cl)c[nH]c(=O)c1C(F)F. The van der Waals surface area contributed by atoms with Crippen molar-refractivity contribution in [2.45, 2.75) is 6.43 Å². The molecular formula is C7H6ClF2NO2. The van der Waals surface area contributed by atoms with Crippen LogP contribution in [0.5, 0.6) is 5.75 Å². The van der Waals surface area contributed by atoms with Gasteiger partial charge in [0.05, 0.1) is 12.1 Å². The van der Waals surface area contributed by atoms with Crippen molar-refractivity contribution in [1.29, 1.82) is 0 Å². The van der Waals surface area contributed by atoms with Gasteiger partial charge in [0.25, 0.3) is 12.0 Å². The molecular weight excluding hydrogens is 204 g/mol. The van der Waals surface area contributed by atoms with Crippen LogP contribution in [0, 0.1) is 0 Å². The molecule has 0 bridgehead atoms. The first-order valence-corrected chi connectivity index (χ1v) is 3.69. The highest BCUT2D eigenvalue weighted by molar-refractivity contribution is 6.32. The molecule has 1 rings (SSSR count). The molecule has 0 amide bonds. The zero-order valence-electron chi connectivity index (χ0n) is 6.61. The molecule has 0 aromatic carbocycles. The summed E-state index contributed by atoms with van der Waals surface area (Å²) >= 11 is 5.52. The van der Waals surface area contributed by atoms with Crippen molar-refractivity contribution in [1.82, 2.24) is 4.98 Å². The van der Waals surface area contributed by atoms with Gasteiger partial charge in [-0.1, -0.05) is 11.6 Å². The molecule has 1 aromatic heterocycles. The van der Waals surface area contributed by atoms with E-state index in [-0.39, 0.29) is 10.8 Å². The highest BCUT2D eigenvalue weighted by atomic mass is 35.5. The number of alkyl halides is 2. The average molecular weight is 210 g/mol. The Bertz CT molecular complexity index is 364. The molecule has 0 aliphatic rings. The summed E-state index contributed by atoms with van der Waals surface area (Å²) in [6.45, 7) is 0. The Morgan fingerprint density at radius 3 is 2.62 bits per heavy atom. The van der Waals surface area contributed by atoms with Crippen molar-refractivity contribution in [3.63, 3.8) is 0 Å². The third kappa shape index (κ3) is 1.80. The van der Waals surface area contributed by atoms with E-state index in [1.165, 1.54) is 7.11 Å². The number of nitrogens with one attached hydrogen (secondary N) is 1. The molecule has 0 aliphatic carbocycles. The molecule has 0 radical (unpaired) electrons. The molecule has 0 unspecified atom stereocenters. The maximum Gasteiger partial charge on any atom is 0.272 e. The number of aromatic amines is 1. The average Bonchev–Trinajstić information content (AvgIpc) is 2.07. The Morgan fingerprint density at radius 2 is 2.23 bits per heavy atom. The van der Waals surface area contributed by atoms with Gasteiger partial charge in [-0.2, -0.15) is 0 Å². The van der Waals surface area contributed by atoms with Gasteiger partial charge in [0.15, 0.2) is 5.75 Å². The third-order valence-electron chi connectivity index (χ3n) is 1.46. The number of aromatic nitrogens is 1. The second kappa shape index (κ2) is 3.74. The quantitative estimate of drug-likeness (QED) is 0.809. The van der Waals surface area contributed by atoms with E-state index < -0.39 is 17.5 Å². The largest absolute Gasteiger partial charge is 0.494 e. The van der Waals surface area contributed by atoms with Crippen LogP contribution in [0.15, 0.2) is 11.0 Å². The van der Waals surface area contributed by atoms with E-state index >= 15 is 0 Å². The zero-order valence-corrected chi connectivity index (χ0v) is 7.36. The van der Waals surface area contributed by atoms with E-state index in [0.717, 1.165) is 6.20 Å². The number of halogens is 3. The van der Waals surface area contributed by atoms with Crippen LogP contribution in [-0.2, 0) is 0 Å². The summed E-state index contributed by atoms with van der Waals surface area (Å²) in [5.41, 5.74) is -1.63. The van der Waals surface area contributed by atoms with Gasteiger partial charge >= 0.3 is 0 Å². The number of H-pyrrole nitrogens is 1. The highest BCUT2D eigenvalue weighted by Gasteiger charge is 2.20. The molecule has 1 heterocycles. The van der Waals surface area contributed by atoms with E-state index in [1.54, 1.807) is 0 Å². The minimum atomic E-state index is -2.91. The van der Waals surface area contributed by atoms with Gasteiger partial charge in [0.2, 0.25) is 0 Å². The molecule has 0 aliphatic heterocycles. The van der Waals surface area contributed by atoms with E-state index in [4.69, 9.17) is 11.6 Å². The Labute approximate surface area is 77.3 Å². The van der Waals surface area contributed by atoms with Gasteiger partial charge in [-0.25, -0.2) is 8.78 Å². The summed E-state index contributed by atoms with van der Waals surface area (Å²) in [6.07, 6.45) is -1.80. The Balaban J connectivity index is 3.44. The van der Waals surface area contributed by atoms with Crippen LogP contribution in [0.2, 0.25) is 5.02 Å². The molecule has 3 nitrogen and oxygen atoms in total. The number of ether oxygens (including phenoxy) is 1. The van der Waals surface area contributed by atoms with Gasteiger partial charge in [-0.15, -0.1) is 0 Å². The molecule has 1 aromatic rings. The zero-order chi connectivity index (χ0) is 10.0. The number of hydrogen-bond donors (Lipinski definition) is 1. The van der Waals surface area contributed by atoms with E-state index in [0.29, 0.717) is 0 Å². The van der Waals surface area contributed by atoms with Gasteiger partial charge < -0.3 is 9.72 Å². The molecule has 0 atom stereocenters. The monoisotopic (exact) mass is 209 g/mol. The van der Waals surface area contributed by atoms with Gasteiger partial charge in [0.1, 0.15) is 5.56 Å². The molecule has 72 valence electrons. The summed E-state index contributed by atoms with van der Waals surface area (Å²) in [7, 11) is 1.17. The van der Waals surface area contributed by atoms with Gasteiger partial charge in [-0.05, 0) is 0 Å². The fraction of sp³-hybridized carbons (Fsp3) is 0.286. The minimum Gasteiger partial charge on any atom is -0.494 e. The number of pyridine rings is 1. The normalized spacial score (nSPS) is 10.5. The van der Waals surface area contributed by atoms with Crippen molar-refractivity contribution in [3.05, 3.63) is 27.1 Å². The first-order valence-electron chi connectivity index (χ1n) is 3.31. The standard InChI is InChI=1S/C7H6ClF2NO2/c1-13-5-3(8)2-11-7(12)4(5)6(9)10/h2,6H,1H3,(H,11,12). The summed E-state index contributed by atoms with van der Waals surface area (Å²) in [4.78, 5) is 13.0. The maximum absolute atomic E-state index is 12.3. The Morgan fingerprint density at radius 1 is 1.62 bits per heavy atom. The fourth-order valence-corrected chi connectivity index (χ4v) is 1.14. The number of hydrogen-bond acceptors (Lipinski definition) is 2. The van der Waals surface area contributed by atoms with E-state index in [2.05, 4.69) is 9.72 Å². The maximum atomic E-state index is 12.3. The third-order valence-corrected chi connectivity index (χ3v) is 1.74. The lowest BCUT2D eigenvalue weighted by Crippen LogP contribution is -2.14. The second-order valence-electron chi connectivity index (χ2n) is 2.21. The van der Waals surface area contributed by atoms with Crippen LogP contribution in [0.1, 0.15) is 12.0 Å². The van der Waals surface area contributed by atoms with Crippen LogP contribution in [0.4, 0.5) is 8.78 Å². The van der Waals surface area contributed by atoms with Crippen LogP contribution in [0.3, 0.4) is 0 Å². The lowest BCUT2D eigenvalue weighted by molar-refractivity contribution is 0.145. The fourth-order valence-electron chi connectivity index (χ4n) is 0.910. The molecule has 0 fully saturated rings. The summed E-state index contributed by atoms with van der Waals surface area (Å²) in [6, 6.07) is 0. The summed E-state index contributed by atoms with van der Waals surface area (Å²) in [5, 5.41) is -0.0441. The Hall–Kier alpha value is -1.10. The van der Waals surface area contributed by atoms with Crippen LogP contribution in [-0.4, -0.2) is 12.1 Å². The van der Waals surface area contributed by atoms with Gasteiger partial charge in [0, 0.05) is 6.20 Å². The lowest BCUT2D eigenvalue weighted by Gasteiger charge is -2.07. The summed E-state index contributed by atoms with van der Waals surface area (Å²) < 4.78 is 29.2. The number of rotatable bonds is 2. The predicted molar refractivity (Wildman–Crippen MR) is 43.6 cm³/mol. The van der Waals surface area contributed by atoms with E-state index in [9.17, 15) is 13.6 Å².